The van der Waals surface area contributed by atoms with E-state index in [9.17, 15) is 4.21 Å². The van der Waals surface area contributed by atoms with Gasteiger partial charge in [0, 0.05) is 43.7 Å². The molecule has 1 unspecified atom stereocenters. The minimum Gasteiger partial charge on any atom is -0.307 e. The van der Waals surface area contributed by atoms with Crippen LogP contribution in [0.1, 0.15) is 30.7 Å². The lowest BCUT2D eigenvalue weighted by atomic mass is 10.1. The van der Waals surface area contributed by atoms with Crippen LogP contribution in [0, 0.1) is 0 Å². The lowest BCUT2D eigenvalue weighted by Gasteiger charge is -2.26. The van der Waals surface area contributed by atoms with Gasteiger partial charge in [-0.3, -0.25) is 4.21 Å². The highest BCUT2D eigenvalue weighted by atomic mass is 79.9. The Morgan fingerprint density at radius 1 is 1.56 bits per heavy atom. The summed E-state index contributed by atoms with van der Waals surface area (Å²) in [4.78, 5) is 1.35. The van der Waals surface area contributed by atoms with E-state index in [1.807, 2.05) is 0 Å². The summed E-state index contributed by atoms with van der Waals surface area (Å²) in [5.74, 6) is 1.71. The summed E-state index contributed by atoms with van der Waals surface area (Å²) < 4.78 is 12.4. The van der Waals surface area contributed by atoms with Crippen molar-refractivity contribution in [3.05, 3.63) is 20.8 Å². The minimum atomic E-state index is -0.563. The second-order valence-electron chi connectivity index (χ2n) is 4.14. The van der Waals surface area contributed by atoms with Crippen molar-refractivity contribution in [2.45, 2.75) is 31.8 Å². The SMILES string of the molecule is CC(NC1CCS(=O)CC1)c1sccc1Br. The molecule has 2 heterocycles. The van der Waals surface area contributed by atoms with Crippen LogP contribution < -0.4 is 5.32 Å². The molecule has 0 spiro atoms. The molecule has 5 heteroatoms. The highest BCUT2D eigenvalue weighted by Gasteiger charge is 2.20. The third kappa shape index (κ3) is 3.15. The van der Waals surface area contributed by atoms with Crippen molar-refractivity contribution in [3.63, 3.8) is 0 Å². The molecule has 0 saturated carbocycles. The van der Waals surface area contributed by atoms with Crippen molar-refractivity contribution in [1.82, 2.24) is 5.32 Å². The van der Waals surface area contributed by atoms with Crippen LogP contribution >= 0.6 is 27.3 Å². The lowest BCUT2D eigenvalue weighted by molar-refractivity contribution is 0.429. The molecular weight excluding hydrogens is 306 g/mol. The monoisotopic (exact) mass is 321 g/mol. The molecule has 0 bridgehead atoms. The van der Waals surface area contributed by atoms with E-state index < -0.39 is 10.8 Å². The van der Waals surface area contributed by atoms with Crippen molar-refractivity contribution in [3.8, 4) is 0 Å². The summed E-state index contributed by atoms with van der Waals surface area (Å²) in [6, 6.07) is 3.00. The second-order valence-corrected chi connectivity index (χ2v) is 7.64. The summed E-state index contributed by atoms with van der Waals surface area (Å²) >= 11 is 5.34. The first-order chi connectivity index (χ1) is 7.66. The van der Waals surface area contributed by atoms with Gasteiger partial charge >= 0.3 is 0 Å². The second kappa shape index (κ2) is 5.76. The van der Waals surface area contributed by atoms with Crippen molar-refractivity contribution in [2.75, 3.05) is 11.5 Å². The van der Waals surface area contributed by atoms with Crippen LogP contribution in [0.3, 0.4) is 0 Å². The number of rotatable bonds is 3. The Balaban J connectivity index is 1.90. The molecule has 1 aliphatic rings. The molecule has 1 aromatic heterocycles. The predicted molar refractivity (Wildman–Crippen MR) is 74.5 cm³/mol. The number of hydrogen-bond acceptors (Lipinski definition) is 3. The zero-order valence-electron chi connectivity index (χ0n) is 9.24. The summed E-state index contributed by atoms with van der Waals surface area (Å²) in [5.41, 5.74) is 0. The van der Waals surface area contributed by atoms with Crippen LogP contribution in [0.4, 0.5) is 0 Å². The first-order valence-corrected chi connectivity index (χ1v) is 8.67. The molecule has 0 radical (unpaired) electrons. The fourth-order valence-corrected chi connectivity index (χ4v) is 5.04. The Labute approximate surface area is 111 Å². The van der Waals surface area contributed by atoms with Gasteiger partial charge in [0.2, 0.25) is 0 Å². The molecule has 1 aromatic rings. The maximum absolute atomic E-state index is 11.3. The molecule has 1 atom stereocenters. The summed E-state index contributed by atoms with van der Waals surface area (Å²) in [7, 11) is -0.563. The molecule has 16 heavy (non-hydrogen) atoms. The van der Waals surface area contributed by atoms with E-state index in [1.165, 1.54) is 9.35 Å². The molecule has 1 saturated heterocycles. The van der Waals surface area contributed by atoms with Crippen LogP contribution in [0.25, 0.3) is 0 Å². The summed E-state index contributed by atoms with van der Waals surface area (Å²) in [5, 5.41) is 5.73. The number of nitrogens with one attached hydrogen (secondary N) is 1. The fourth-order valence-electron chi connectivity index (χ4n) is 2.00. The smallest absolute Gasteiger partial charge is 0.0399 e. The van der Waals surface area contributed by atoms with Gasteiger partial charge in [0.15, 0.2) is 0 Å². The van der Waals surface area contributed by atoms with Gasteiger partial charge < -0.3 is 5.32 Å². The van der Waals surface area contributed by atoms with E-state index >= 15 is 0 Å². The van der Waals surface area contributed by atoms with E-state index in [0.29, 0.717) is 12.1 Å². The van der Waals surface area contributed by atoms with Crippen LogP contribution in [0.15, 0.2) is 15.9 Å². The molecular formula is C11H16BrNOS2. The van der Waals surface area contributed by atoms with E-state index in [0.717, 1.165) is 24.3 Å². The van der Waals surface area contributed by atoms with E-state index in [-0.39, 0.29) is 0 Å². The molecule has 0 aliphatic carbocycles. The molecule has 1 fully saturated rings. The minimum absolute atomic E-state index is 0.380. The molecule has 0 amide bonds. The molecule has 2 rings (SSSR count). The zero-order valence-corrected chi connectivity index (χ0v) is 12.5. The van der Waals surface area contributed by atoms with Crippen molar-refractivity contribution < 1.29 is 4.21 Å². The fraction of sp³-hybridized carbons (Fsp3) is 0.636. The maximum atomic E-state index is 11.3. The third-order valence-electron chi connectivity index (χ3n) is 2.91. The van der Waals surface area contributed by atoms with Gasteiger partial charge in [0.25, 0.3) is 0 Å². The summed E-state index contributed by atoms with van der Waals surface area (Å²) in [6.07, 6.45) is 2.08. The topological polar surface area (TPSA) is 29.1 Å². The molecule has 90 valence electrons. The molecule has 1 aliphatic heterocycles. The van der Waals surface area contributed by atoms with Gasteiger partial charge in [-0.15, -0.1) is 11.3 Å². The average Bonchev–Trinajstić information content (AvgIpc) is 2.68. The predicted octanol–water partition coefficient (Wildman–Crippen LogP) is 3.07. The molecule has 2 nitrogen and oxygen atoms in total. The Morgan fingerprint density at radius 3 is 2.81 bits per heavy atom. The Morgan fingerprint density at radius 2 is 2.25 bits per heavy atom. The Bertz CT molecular complexity index is 370. The van der Waals surface area contributed by atoms with Crippen LogP contribution in [0.2, 0.25) is 0 Å². The number of halogens is 1. The first-order valence-electron chi connectivity index (χ1n) is 5.50. The van der Waals surface area contributed by atoms with E-state index in [2.05, 4.69) is 39.6 Å². The van der Waals surface area contributed by atoms with Crippen molar-refractivity contribution >= 4 is 38.1 Å². The van der Waals surface area contributed by atoms with Gasteiger partial charge in [-0.1, -0.05) is 0 Å². The van der Waals surface area contributed by atoms with Crippen LogP contribution in [0.5, 0.6) is 0 Å². The van der Waals surface area contributed by atoms with Crippen molar-refractivity contribution in [1.29, 1.82) is 0 Å². The van der Waals surface area contributed by atoms with Gasteiger partial charge in [0.05, 0.1) is 0 Å². The average molecular weight is 322 g/mol. The Hall–Kier alpha value is 0.290. The molecule has 0 aromatic carbocycles. The Kier molecular flexibility index (Phi) is 4.58. The quantitative estimate of drug-likeness (QED) is 0.927. The van der Waals surface area contributed by atoms with E-state index in [1.54, 1.807) is 11.3 Å². The summed E-state index contributed by atoms with van der Waals surface area (Å²) in [6.45, 7) is 2.20. The van der Waals surface area contributed by atoms with Crippen molar-refractivity contribution in [2.24, 2.45) is 0 Å². The van der Waals surface area contributed by atoms with Gasteiger partial charge in [-0.05, 0) is 47.1 Å². The number of thiophene rings is 1. The standard InChI is InChI=1S/C11H16BrNOS2/c1-8(11-10(12)2-5-15-11)13-9-3-6-16(14)7-4-9/h2,5,8-9,13H,3-4,6-7H2,1H3. The first kappa shape index (κ1) is 12.7. The van der Waals surface area contributed by atoms with Crippen LogP contribution in [-0.2, 0) is 10.8 Å². The van der Waals surface area contributed by atoms with Crippen LogP contribution in [-0.4, -0.2) is 21.8 Å². The molecule has 1 N–H and O–H groups in total. The maximum Gasteiger partial charge on any atom is 0.0399 e. The lowest BCUT2D eigenvalue weighted by Crippen LogP contribution is -2.37. The zero-order chi connectivity index (χ0) is 11.5. The van der Waals surface area contributed by atoms with E-state index in [4.69, 9.17) is 0 Å². The largest absolute Gasteiger partial charge is 0.307 e. The number of hydrogen-bond donors (Lipinski definition) is 1. The normalized spacial score (nSPS) is 27.9. The third-order valence-corrected chi connectivity index (χ3v) is 6.35. The van der Waals surface area contributed by atoms with Gasteiger partial charge in [-0.2, -0.15) is 0 Å². The van der Waals surface area contributed by atoms with Gasteiger partial charge in [0.1, 0.15) is 0 Å². The van der Waals surface area contributed by atoms with Gasteiger partial charge in [-0.25, -0.2) is 0 Å². The highest BCUT2D eigenvalue weighted by Crippen LogP contribution is 2.29. The highest BCUT2D eigenvalue weighted by molar-refractivity contribution is 9.10.